The molecule has 0 spiro atoms. The van der Waals surface area contributed by atoms with Crippen LogP contribution in [0.2, 0.25) is 0 Å². The molecule has 0 aliphatic heterocycles. The van der Waals surface area contributed by atoms with Gasteiger partial charge in [0.05, 0.1) is 18.5 Å². The Morgan fingerprint density at radius 1 is 1.29 bits per heavy atom. The lowest BCUT2D eigenvalue weighted by Crippen LogP contribution is -2.18. The molecular weight excluding hydrogens is 264 g/mol. The number of hydrogen-bond acceptors (Lipinski definition) is 4. The van der Waals surface area contributed by atoms with E-state index in [1.54, 1.807) is 0 Å². The summed E-state index contributed by atoms with van der Waals surface area (Å²) in [7, 11) is 6.03. The first-order chi connectivity index (χ1) is 10.1. The van der Waals surface area contributed by atoms with Crippen LogP contribution in [0.3, 0.4) is 0 Å². The number of hydrogen-bond donors (Lipinski definition) is 1. The second kappa shape index (κ2) is 7.13. The van der Waals surface area contributed by atoms with Gasteiger partial charge in [-0.15, -0.1) is 0 Å². The molecule has 0 bridgehead atoms. The normalized spacial score (nSPS) is 10.7. The Morgan fingerprint density at radius 2 is 2.10 bits per heavy atom. The van der Waals surface area contributed by atoms with E-state index in [4.69, 9.17) is 4.74 Å². The van der Waals surface area contributed by atoms with Gasteiger partial charge in [0, 0.05) is 34.2 Å². The zero-order chi connectivity index (χ0) is 15.2. The fourth-order valence-corrected chi connectivity index (χ4v) is 2.26. The summed E-state index contributed by atoms with van der Waals surface area (Å²) < 4.78 is 7.61. The highest BCUT2D eigenvalue weighted by Gasteiger charge is 2.07. The molecule has 1 N–H and O–H groups in total. The van der Waals surface area contributed by atoms with Crippen LogP contribution in [-0.2, 0) is 20.1 Å². The molecule has 0 amide bonds. The molecule has 2 aromatic rings. The van der Waals surface area contributed by atoms with Crippen LogP contribution in [0.5, 0.6) is 5.75 Å². The molecular formula is C16H24N4O. The predicted octanol–water partition coefficient (Wildman–Crippen LogP) is 2.17. The van der Waals surface area contributed by atoms with Gasteiger partial charge in [0.25, 0.3) is 0 Å². The van der Waals surface area contributed by atoms with Gasteiger partial charge in [-0.25, -0.2) is 4.98 Å². The Morgan fingerprint density at radius 3 is 2.76 bits per heavy atom. The van der Waals surface area contributed by atoms with Gasteiger partial charge in [0.2, 0.25) is 5.95 Å². The van der Waals surface area contributed by atoms with Crippen molar-refractivity contribution in [3.63, 3.8) is 0 Å². The van der Waals surface area contributed by atoms with Crippen LogP contribution in [0.15, 0.2) is 30.5 Å². The molecule has 1 heterocycles. The second-order valence-electron chi connectivity index (χ2n) is 5.19. The molecule has 2 rings (SSSR count). The molecule has 0 saturated carbocycles. The lowest BCUT2D eigenvalue weighted by atomic mass is 10.2. The van der Waals surface area contributed by atoms with Crippen LogP contribution in [0, 0.1) is 0 Å². The largest absolute Gasteiger partial charge is 0.494 e. The van der Waals surface area contributed by atoms with Gasteiger partial charge in [-0.05, 0) is 24.6 Å². The molecule has 0 unspecified atom stereocenters. The maximum Gasteiger partial charge on any atom is 0.204 e. The molecule has 0 atom stereocenters. The van der Waals surface area contributed by atoms with E-state index in [-0.39, 0.29) is 0 Å². The van der Waals surface area contributed by atoms with Crippen molar-refractivity contribution in [2.24, 2.45) is 7.05 Å². The smallest absolute Gasteiger partial charge is 0.204 e. The molecule has 5 heteroatoms. The first-order valence-corrected chi connectivity index (χ1v) is 7.22. The first kappa shape index (κ1) is 15.4. The molecule has 0 aliphatic carbocycles. The molecule has 0 saturated heterocycles. The second-order valence-corrected chi connectivity index (χ2v) is 5.19. The summed E-state index contributed by atoms with van der Waals surface area (Å²) in [5, 5.41) is 3.45. The quantitative estimate of drug-likeness (QED) is 0.848. The van der Waals surface area contributed by atoms with E-state index in [0.717, 1.165) is 24.8 Å². The van der Waals surface area contributed by atoms with Crippen LogP contribution in [0.4, 0.5) is 5.95 Å². The molecule has 1 aromatic carbocycles. The maximum absolute atomic E-state index is 5.51. The summed E-state index contributed by atoms with van der Waals surface area (Å²) in [4.78, 5) is 6.42. The number of nitrogens with zero attached hydrogens (tertiary/aromatic N) is 3. The summed E-state index contributed by atoms with van der Waals surface area (Å²) >= 11 is 0. The number of benzene rings is 1. The third-order valence-electron chi connectivity index (χ3n) is 3.30. The molecule has 21 heavy (non-hydrogen) atoms. The summed E-state index contributed by atoms with van der Waals surface area (Å²) in [6, 6.07) is 8.18. The number of anilines is 1. The molecule has 0 radical (unpaired) electrons. The van der Waals surface area contributed by atoms with Gasteiger partial charge >= 0.3 is 0 Å². The van der Waals surface area contributed by atoms with Gasteiger partial charge < -0.3 is 19.5 Å². The monoisotopic (exact) mass is 288 g/mol. The van der Waals surface area contributed by atoms with Crippen molar-refractivity contribution >= 4 is 5.95 Å². The van der Waals surface area contributed by atoms with Gasteiger partial charge in [0.15, 0.2) is 0 Å². The summed E-state index contributed by atoms with van der Waals surface area (Å²) in [5.41, 5.74) is 2.38. The van der Waals surface area contributed by atoms with Crippen LogP contribution in [0.25, 0.3) is 0 Å². The maximum atomic E-state index is 5.51. The van der Waals surface area contributed by atoms with E-state index < -0.39 is 0 Å². The van der Waals surface area contributed by atoms with Crippen molar-refractivity contribution in [1.29, 1.82) is 0 Å². The van der Waals surface area contributed by atoms with E-state index in [1.165, 1.54) is 11.3 Å². The van der Waals surface area contributed by atoms with Crippen LogP contribution in [-0.4, -0.2) is 30.3 Å². The Balaban J connectivity index is 1.91. The molecule has 0 fully saturated rings. The molecule has 0 aliphatic rings. The lowest BCUT2D eigenvalue weighted by molar-refractivity contribution is 0.340. The highest BCUT2D eigenvalue weighted by molar-refractivity contribution is 5.31. The van der Waals surface area contributed by atoms with E-state index in [9.17, 15) is 0 Å². The first-order valence-electron chi connectivity index (χ1n) is 7.22. The number of aromatic nitrogens is 2. The van der Waals surface area contributed by atoms with Crippen molar-refractivity contribution in [2.45, 2.75) is 20.0 Å². The van der Waals surface area contributed by atoms with Gasteiger partial charge in [-0.3, -0.25) is 0 Å². The SMILES string of the molecule is CCOc1cccc(CNCc2cnc(N(C)C)n2C)c1. The zero-order valence-corrected chi connectivity index (χ0v) is 13.3. The van der Waals surface area contributed by atoms with Crippen LogP contribution >= 0.6 is 0 Å². The number of ether oxygens (including phenoxy) is 1. The Kier molecular flexibility index (Phi) is 5.22. The summed E-state index contributed by atoms with van der Waals surface area (Å²) in [6.45, 7) is 4.29. The zero-order valence-electron chi connectivity index (χ0n) is 13.3. The Labute approximate surface area is 126 Å². The van der Waals surface area contributed by atoms with E-state index in [0.29, 0.717) is 6.61 Å². The van der Waals surface area contributed by atoms with E-state index >= 15 is 0 Å². The average molecular weight is 288 g/mol. The van der Waals surface area contributed by atoms with Crippen molar-refractivity contribution in [3.8, 4) is 5.75 Å². The standard InChI is InChI=1S/C16H24N4O/c1-5-21-15-8-6-7-13(9-15)10-17-11-14-12-18-16(19(2)3)20(14)4/h6-9,12,17H,5,10-11H2,1-4H3. The fraction of sp³-hybridized carbons (Fsp3) is 0.438. The molecule has 114 valence electrons. The molecule has 5 nitrogen and oxygen atoms in total. The van der Waals surface area contributed by atoms with Crippen molar-refractivity contribution < 1.29 is 4.74 Å². The lowest BCUT2D eigenvalue weighted by Gasteiger charge is -2.13. The number of rotatable bonds is 7. The van der Waals surface area contributed by atoms with Crippen molar-refractivity contribution in [3.05, 3.63) is 41.7 Å². The van der Waals surface area contributed by atoms with E-state index in [2.05, 4.69) is 27.0 Å². The highest BCUT2D eigenvalue weighted by atomic mass is 16.5. The van der Waals surface area contributed by atoms with Crippen LogP contribution in [0.1, 0.15) is 18.2 Å². The van der Waals surface area contributed by atoms with Crippen molar-refractivity contribution in [2.75, 3.05) is 25.6 Å². The minimum atomic E-state index is 0.694. The third-order valence-corrected chi connectivity index (χ3v) is 3.30. The topological polar surface area (TPSA) is 42.3 Å². The van der Waals surface area contributed by atoms with Gasteiger partial charge in [-0.1, -0.05) is 12.1 Å². The van der Waals surface area contributed by atoms with E-state index in [1.807, 2.05) is 51.3 Å². The Hall–Kier alpha value is -2.01. The summed E-state index contributed by atoms with van der Waals surface area (Å²) in [6.07, 6.45) is 1.92. The van der Waals surface area contributed by atoms with Crippen LogP contribution < -0.4 is 15.0 Å². The average Bonchev–Trinajstić information content (AvgIpc) is 2.81. The predicted molar refractivity (Wildman–Crippen MR) is 85.7 cm³/mol. The third kappa shape index (κ3) is 3.98. The fourth-order valence-electron chi connectivity index (χ4n) is 2.26. The minimum absolute atomic E-state index is 0.694. The number of nitrogens with one attached hydrogen (secondary N) is 1. The molecule has 1 aromatic heterocycles. The van der Waals surface area contributed by atoms with Crippen molar-refractivity contribution in [1.82, 2.24) is 14.9 Å². The Bertz CT molecular complexity index is 577. The highest BCUT2D eigenvalue weighted by Crippen LogP contribution is 2.14. The number of imidazole rings is 1. The summed E-state index contributed by atoms with van der Waals surface area (Å²) in [5.74, 6) is 1.89. The minimum Gasteiger partial charge on any atom is -0.494 e. The van der Waals surface area contributed by atoms with Gasteiger partial charge in [-0.2, -0.15) is 0 Å². The van der Waals surface area contributed by atoms with Gasteiger partial charge in [0.1, 0.15) is 5.75 Å².